The number of hydrogen-bond donors (Lipinski definition) is 1. The average molecular weight is 140 g/mol. The summed E-state index contributed by atoms with van der Waals surface area (Å²) in [5.74, 6) is 2.43. The Labute approximate surface area is 62.4 Å². The van der Waals surface area contributed by atoms with Crippen molar-refractivity contribution in [2.24, 2.45) is 17.8 Å². The van der Waals surface area contributed by atoms with Gasteiger partial charge < -0.3 is 5.11 Å². The van der Waals surface area contributed by atoms with E-state index in [-0.39, 0.29) is 6.10 Å². The summed E-state index contributed by atoms with van der Waals surface area (Å²) in [5, 5.41) is 9.43. The highest BCUT2D eigenvalue weighted by Gasteiger charge is 2.43. The number of aliphatic hydroxyl groups excluding tert-OH is 1. The zero-order chi connectivity index (χ0) is 7.14. The molecule has 0 amide bonds. The van der Waals surface area contributed by atoms with Gasteiger partial charge in [-0.15, -0.1) is 0 Å². The number of aliphatic hydroxyl groups is 1. The lowest BCUT2D eigenvalue weighted by molar-refractivity contribution is 0.0989. The van der Waals surface area contributed by atoms with Gasteiger partial charge in [-0.1, -0.05) is 0 Å². The molecular weight excluding hydrogens is 124 g/mol. The third-order valence-corrected chi connectivity index (χ3v) is 3.46. The lowest BCUT2D eigenvalue weighted by Crippen LogP contribution is -2.20. The third kappa shape index (κ3) is 0.800. The lowest BCUT2D eigenvalue weighted by Gasteiger charge is -2.17. The van der Waals surface area contributed by atoms with E-state index in [1.165, 1.54) is 25.7 Å². The standard InChI is InChI=1S/C9H16O/c1-6(10)9-7-2-3-8(9)5-4-7/h6-10H,2-5H2,1H3. The van der Waals surface area contributed by atoms with Crippen LogP contribution in [0.1, 0.15) is 32.6 Å². The van der Waals surface area contributed by atoms with Crippen LogP contribution in [0.2, 0.25) is 0 Å². The molecule has 1 N–H and O–H groups in total. The first-order chi connectivity index (χ1) is 4.79. The Morgan fingerprint density at radius 1 is 1.10 bits per heavy atom. The van der Waals surface area contributed by atoms with Gasteiger partial charge in [0.1, 0.15) is 0 Å². The Morgan fingerprint density at radius 3 is 1.70 bits per heavy atom. The van der Waals surface area contributed by atoms with E-state index in [0.29, 0.717) is 5.92 Å². The van der Waals surface area contributed by atoms with Crippen LogP contribution >= 0.6 is 0 Å². The van der Waals surface area contributed by atoms with Crippen LogP contribution in [-0.4, -0.2) is 11.2 Å². The topological polar surface area (TPSA) is 20.2 Å². The van der Waals surface area contributed by atoms with Crippen LogP contribution in [0.15, 0.2) is 0 Å². The zero-order valence-corrected chi connectivity index (χ0v) is 6.59. The van der Waals surface area contributed by atoms with Gasteiger partial charge in [-0.25, -0.2) is 0 Å². The molecule has 2 aliphatic carbocycles. The van der Waals surface area contributed by atoms with Crippen molar-refractivity contribution >= 4 is 0 Å². The summed E-state index contributed by atoms with van der Waals surface area (Å²) in [5.41, 5.74) is 0. The number of hydrogen-bond acceptors (Lipinski definition) is 1. The highest BCUT2D eigenvalue weighted by molar-refractivity contribution is 4.93. The van der Waals surface area contributed by atoms with Crippen LogP contribution in [0.3, 0.4) is 0 Å². The Balaban J connectivity index is 2.09. The van der Waals surface area contributed by atoms with Crippen molar-refractivity contribution in [3.05, 3.63) is 0 Å². The minimum atomic E-state index is -0.0417. The summed E-state index contributed by atoms with van der Waals surface area (Å²) in [6.45, 7) is 1.96. The molecule has 1 nitrogen and oxygen atoms in total. The van der Waals surface area contributed by atoms with E-state index in [0.717, 1.165) is 11.8 Å². The summed E-state index contributed by atoms with van der Waals surface area (Å²) in [7, 11) is 0. The van der Waals surface area contributed by atoms with Crippen molar-refractivity contribution in [1.82, 2.24) is 0 Å². The Kier molecular flexibility index (Phi) is 1.48. The van der Waals surface area contributed by atoms with Gasteiger partial charge in [-0.2, -0.15) is 0 Å². The molecule has 1 atom stereocenters. The molecule has 0 saturated heterocycles. The first-order valence-corrected chi connectivity index (χ1v) is 4.47. The fourth-order valence-electron chi connectivity index (χ4n) is 3.09. The van der Waals surface area contributed by atoms with Crippen molar-refractivity contribution in [1.29, 1.82) is 0 Å². The summed E-state index contributed by atoms with van der Waals surface area (Å²) in [6, 6.07) is 0. The highest BCUT2D eigenvalue weighted by atomic mass is 16.3. The normalized spacial score (nSPS) is 48.0. The number of rotatable bonds is 1. The van der Waals surface area contributed by atoms with Gasteiger partial charge in [0.05, 0.1) is 6.10 Å². The van der Waals surface area contributed by atoms with E-state index in [4.69, 9.17) is 0 Å². The molecule has 0 spiro atoms. The van der Waals surface area contributed by atoms with E-state index < -0.39 is 0 Å². The smallest absolute Gasteiger partial charge is 0.0545 e. The monoisotopic (exact) mass is 140 g/mol. The SMILES string of the molecule is CC(O)C1C2CCC1CC2. The third-order valence-electron chi connectivity index (χ3n) is 3.46. The highest BCUT2D eigenvalue weighted by Crippen LogP contribution is 2.50. The van der Waals surface area contributed by atoms with E-state index >= 15 is 0 Å². The van der Waals surface area contributed by atoms with Gasteiger partial charge in [-0.3, -0.25) is 0 Å². The van der Waals surface area contributed by atoms with Gasteiger partial charge in [0.15, 0.2) is 0 Å². The molecule has 58 valence electrons. The van der Waals surface area contributed by atoms with E-state index in [1.54, 1.807) is 0 Å². The summed E-state index contributed by atoms with van der Waals surface area (Å²) >= 11 is 0. The van der Waals surface area contributed by atoms with Gasteiger partial charge in [-0.05, 0) is 50.4 Å². The molecule has 2 fully saturated rings. The minimum absolute atomic E-state index is 0.0417. The molecule has 0 radical (unpaired) electrons. The van der Waals surface area contributed by atoms with E-state index in [2.05, 4.69) is 0 Å². The van der Waals surface area contributed by atoms with Gasteiger partial charge in [0.2, 0.25) is 0 Å². The van der Waals surface area contributed by atoms with Crippen molar-refractivity contribution < 1.29 is 5.11 Å². The second-order valence-corrected chi connectivity index (χ2v) is 3.99. The lowest BCUT2D eigenvalue weighted by atomic mass is 9.93. The first kappa shape index (κ1) is 6.66. The predicted molar refractivity (Wildman–Crippen MR) is 40.6 cm³/mol. The fourth-order valence-corrected chi connectivity index (χ4v) is 3.09. The Hall–Kier alpha value is -0.0400. The van der Waals surface area contributed by atoms with Gasteiger partial charge in [0.25, 0.3) is 0 Å². The zero-order valence-electron chi connectivity index (χ0n) is 6.59. The van der Waals surface area contributed by atoms with Crippen LogP contribution in [-0.2, 0) is 0 Å². The molecule has 1 heteroatoms. The molecule has 0 aromatic rings. The average Bonchev–Trinajstić information content (AvgIpc) is 2.43. The second kappa shape index (κ2) is 2.23. The predicted octanol–water partition coefficient (Wildman–Crippen LogP) is 1.80. The molecule has 2 bridgehead atoms. The van der Waals surface area contributed by atoms with Crippen molar-refractivity contribution in [3.63, 3.8) is 0 Å². The van der Waals surface area contributed by atoms with Crippen molar-refractivity contribution in [2.75, 3.05) is 0 Å². The van der Waals surface area contributed by atoms with E-state index in [9.17, 15) is 5.11 Å². The molecule has 1 unspecified atom stereocenters. The molecule has 2 rings (SSSR count). The molecular formula is C9H16O. The maximum atomic E-state index is 9.43. The maximum absolute atomic E-state index is 9.43. The van der Waals surface area contributed by atoms with Gasteiger partial charge >= 0.3 is 0 Å². The molecule has 0 aromatic heterocycles. The second-order valence-electron chi connectivity index (χ2n) is 3.99. The van der Waals surface area contributed by atoms with Gasteiger partial charge in [0, 0.05) is 0 Å². The van der Waals surface area contributed by atoms with Crippen LogP contribution in [0.25, 0.3) is 0 Å². The Morgan fingerprint density at radius 2 is 1.50 bits per heavy atom. The molecule has 0 heterocycles. The van der Waals surface area contributed by atoms with Crippen LogP contribution in [0.5, 0.6) is 0 Å². The maximum Gasteiger partial charge on any atom is 0.0545 e. The Bertz CT molecular complexity index is 111. The molecule has 2 saturated carbocycles. The summed E-state index contributed by atoms with van der Waals surface area (Å²) < 4.78 is 0. The summed E-state index contributed by atoms with van der Waals surface area (Å²) in [4.78, 5) is 0. The van der Waals surface area contributed by atoms with E-state index in [1.807, 2.05) is 6.92 Å². The summed E-state index contributed by atoms with van der Waals surface area (Å²) in [6.07, 6.45) is 5.51. The van der Waals surface area contributed by atoms with Crippen LogP contribution < -0.4 is 0 Å². The molecule has 0 aromatic carbocycles. The van der Waals surface area contributed by atoms with Crippen LogP contribution in [0.4, 0.5) is 0 Å². The number of fused-ring (bicyclic) bond motifs is 2. The molecule has 2 aliphatic rings. The van der Waals surface area contributed by atoms with Crippen molar-refractivity contribution in [3.8, 4) is 0 Å². The van der Waals surface area contributed by atoms with Crippen LogP contribution in [0, 0.1) is 17.8 Å². The minimum Gasteiger partial charge on any atom is -0.393 e. The quantitative estimate of drug-likeness (QED) is 0.589. The molecule has 0 aliphatic heterocycles. The largest absolute Gasteiger partial charge is 0.393 e. The van der Waals surface area contributed by atoms with Crippen molar-refractivity contribution in [2.45, 2.75) is 38.7 Å². The first-order valence-electron chi connectivity index (χ1n) is 4.47. The molecule has 10 heavy (non-hydrogen) atoms. The fraction of sp³-hybridized carbons (Fsp3) is 1.00.